The molecule has 21 heavy (non-hydrogen) atoms. The molecule has 0 saturated heterocycles. The van der Waals surface area contributed by atoms with Gasteiger partial charge < -0.3 is 4.98 Å². The molecule has 0 radical (unpaired) electrons. The Balaban J connectivity index is 2.09. The summed E-state index contributed by atoms with van der Waals surface area (Å²) in [6.45, 7) is 0. The third kappa shape index (κ3) is 1.84. The van der Waals surface area contributed by atoms with Gasteiger partial charge in [-0.05, 0) is 18.2 Å². The molecule has 0 bridgehead atoms. The molecule has 0 fully saturated rings. The molecule has 2 heterocycles. The lowest BCUT2D eigenvalue weighted by molar-refractivity contribution is 1.08. The Labute approximate surface area is 124 Å². The molecule has 4 aromatic rings. The van der Waals surface area contributed by atoms with Crippen molar-refractivity contribution in [2.45, 2.75) is 0 Å². The second-order valence-electron chi connectivity index (χ2n) is 4.76. The van der Waals surface area contributed by atoms with Crippen molar-refractivity contribution in [3.8, 4) is 11.3 Å². The number of para-hydroxylation sites is 2. The van der Waals surface area contributed by atoms with Crippen LogP contribution in [0.1, 0.15) is 0 Å². The van der Waals surface area contributed by atoms with E-state index >= 15 is 0 Å². The van der Waals surface area contributed by atoms with Gasteiger partial charge in [0.2, 0.25) is 5.78 Å². The van der Waals surface area contributed by atoms with Crippen LogP contribution in [0, 0.1) is 0 Å². The molecule has 2 aromatic carbocycles. The van der Waals surface area contributed by atoms with Gasteiger partial charge in [-0.1, -0.05) is 41.9 Å². The fourth-order valence-electron chi connectivity index (χ4n) is 2.50. The number of fused-ring (bicyclic) bond motifs is 3. The maximum absolute atomic E-state index is 12.4. The van der Waals surface area contributed by atoms with Gasteiger partial charge in [-0.25, -0.2) is 9.38 Å². The number of H-pyrrole nitrogens is 1. The van der Waals surface area contributed by atoms with E-state index in [2.05, 4.69) is 9.97 Å². The highest BCUT2D eigenvalue weighted by molar-refractivity contribution is 6.33. The highest BCUT2D eigenvalue weighted by Gasteiger charge is 2.10. The molecule has 0 spiro atoms. The van der Waals surface area contributed by atoms with E-state index < -0.39 is 0 Å². The average molecular weight is 296 g/mol. The zero-order valence-corrected chi connectivity index (χ0v) is 11.6. The van der Waals surface area contributed by atoms with E-state index in [0.29, 0.717) is 16.5 Å². The number of aromatic amines is 1. The van der Waals surface area contributed by atoms with Crippen molar-refractivity contribution < 1.29 is 0 Å². The second-order valence-corrected chi connectivity index (χ2v) is 5.17. The molecule has 4 rings (SSSR count). The molecule has 0 saturated carbocycles. The first-order valence-corrected chi connectivity index (χ1v) is 6.87. The van der Waals surface area contributed by atoms with Crippen molar-refractivity contribution in [2.75, 3.05) is 0 Å². The molecular formula is C16H10ClN3O. The summed E-state index contributed by atoms with van der Waals surface area (Å²) in [4.78, 5) is 20.1. The van der Waals surface area contributed by atoms with Gasteiger partial charge in [0.15, 0.2) is 0 Å². The van der Waals surface area contributed by atoms with Crippen molar-refractivity contribution in [3.05, 3.63) is 70.0 Å². The summed E-state index contributed by atoms with van der Waals surface area (Å²) >= 11 is 6.19. The molecule has 0 unspecified atom stereocenters. The van der Waals surface area contributed by atoms with Crippen LogP contribution in [0.5, 0.6) is 0 Å². The molecule has 0 aliphatic rings. The van der Waals surface area contributed by atoms with Gasteiger partial charge in [0.25, 0.3) is 5.56 Å². The van der Waals surface area contributed by atoms with Crippen LogP contribution in [-0.4, -0.2) is 14.4 Å². The standard InChI is InChI=1S/C16H10ClN3O/c17-11-6-2-1-5-10(11)13-9-15(21)20-14-8-4-3-7-12(14)18-16(20)19-13/h1-9H,(H,18,19). The minimum Gasteiger partial charge on any atom is -0.324 e. The Kier molecular flexibility index (Phi) is 2.59. The van der Waals surface area contributed by atoms with Crippen LogP contribution in [0.25, 0.3) is 28.1 Å². The van der Waals surface area contributed by atoms with E-state index in [-0.39, 0.29) is 5.56 Å². The number of nitrogens with zero attached hydrogens (tertiary/aromatic N) is 2. The number of hydrogen-bond donors (Lipinski definition) is 1. The normalized spacial score (nSPS) is 11.3. The second kappa shape index (κ2) is 4.46. The number of hydrogen-bond acceptors (Lipinski definition) is 2. The third-order valence-corrected chi connectivity index (χ3v) is 3.79. The average Bonchev–Trinajstić information content (AvgIpc) is 2.86. The van der Waals surface area contributed by atoms with Gasteiger partial charge in [-0.15, -0.1) is 0 Å². The van der Waals surface area contributed by atoms with Crippen LogP contribution in [0.2, 0.25) is 5.02 Å². The van der Waals surface area contributed by atoms with Gasteiger partial charge in [-0.3, -0.25) is 4.79 Å². The monoisotopic (exact) mass is 295 g/mol. The minimum absolute atomic E-state index is 0.132. The molecular weight excluding hydrogens is 286 g/mol. The van der Waals surface area contributed by atoms with Crippen molar-refractivity contribution >= 4 is 28.4 Å². The Morgan fingerprint density at radius 1 is 1.05 bits per heavy atom. The van der Waals surface area contributed by atoms with Crippen LogP contribution in [0.3, 0.4) is 0 Å². The van der Waals surface area contributed by atoms with E-state index in [9.17, 15) is 4.79 Å². The molecule has 0 amide bonds. The SMILES string of the molecule is O=c1cc(-c2ccccc2Cl)[nH]c2nc3ccccc3n12. The predicted octanol–water partition coefficient (Wildman–Crippen LogP) is 3.50. The van der Waals surface area contributed by atoms with E-state index in [1.54, 1.807) is 16.5 Å². The number of aromatic nitrogens is 3. The Morgan fingerprint density at radius 2 is 1.81 bits per heavy atom. The topological polar surface area (TPSA) is 50.2 Å². The highest BCUT2D eigenvalue weighted by atomic mass is 35.5. The first kappa shape index (κ1) is 12.2. The number of imidazole rings is 1. The van der Waals surface area contributed by atoms with E-state index in [1.807, 2.05) is 42.5 Å². The number of halogens is 1. The summed E-state index contributed by atoms with van der Waals surface area (Å²) in [6.07, 6.45) is 0. The van der Waals surface area contributed by atoms with E-state index in [0.717, 1.165) is 16.6 Å². The summed E-state index contributed by atoms with van der Waals surface area (Å²) in [6, 6.07) is 16.5. The van der Waals surface area contributed by atoms with Gasteiger partial charge in [0.05, 0.1) is 16.7 Å². The van der Waals surface area contributed by atoms with E-state index in [1.165, 1.54) is 0 Å². The largest absolute Gasteiger partial charge is 0.324 e. The Hall–Kier alpha value is -2.59. The number of rotatable bonds is 1. The smallest absolute Gasteiger partial charge is 0.260 e. The summed E-state index contributed by atoms with van der Waals surface area (Å²) in [5, 5.41) is 0.591. The van der Waals surface area contributed by atoms with Gasteiger partial charge in [0, 0.05) is 16.7 Å². The lowest BCUT2D eigenvalue weighted by Crippen LogP contribution is -2.13. The van der Waals surface area contributed by atoms with Gasteiger partial charge in [-0.2, -0.15) is 0 Å². The maximum Gasteiger partial charge on any atom is 0.260 e. The van der Waals surface area contributed by atoms with Crippen LogP contribution in [0.15, 0.2) is 59.4 Å². The molecule has 5 heteroatoms. The van der Waals surface area contributed by atoms with Crippen molar-refractivity contribution in [1.29, 1.82) is 0 Å². The Morgan fingerprint density at radius 3 is 2.67 bits per heavy atom. The molecule has 4 nitrogen and oxygen atoms in total. The minimum atomic E-state index is -0.132. The van der Waals surface area contributed by atoms with Crippen LogP contribution >= 0.6 is 11.6 Å². The molecule has 0 atom stereocenters. The fraction of sp³-hybridized carbons (Fsp3) is 0. The maximum atomic E-state index is 12.4. The molecule has 1 N–H and O–H groups in total. The lowest BCUT2D eigenvalue weighted by Gasteiger charge is -2.04. The summed E-state index contributed by atoms with van der Waals surface area (Å²) in [5.74, 6) is 0.513. The van der Waals surface area contributed by atoms with Crippen molar-refractivity contribution in [2.24, 2.45) is 0 Å². The summed E-state index contributed by atoms with van der Waals surface area (Å²) in [7, 11) is 0. The molecule has 0 aliphatic carbocycles. The van der Waals surface area contributed by atoms with Crippen molar-refractivity contribution in [1.82, 2.24) is 14.4 Å². The molecule has 102 valence electrons. The predicted molar refractivity (Wildman–Crippen MR) is 83.8 cm³/mol. The van der Waals surface area contributed by atoms with Crippen LogP contribution in [-0.2, 0) is 0 Å². The van der Waals surface area contributed by atoms with Crippen LogP contribution in [0.4, 0.5) is 0 Å². The zero-order chi connectivity index (χ0) is 14.4. The van der Waals surface area contributed by atoms with Gasteiger partial charge >= 0.3 is 0 Å². The fourth-order valence-corrected chi connectivity index (χ4v) is 2.74. The molecule has 2 aromatic heterocycles. The Bertz CT molecular complexity index is 1030. The summed E-state index contributed by atoms with van der Waals surface area (Å²) in [5.41, 5.74) is 2.88. The lowest BCUT2D eigenvalue weighted by atomic mass is 10.1. The van der Waals surface area contributed by atoms with Crippen LogP contribution < -0.4 is 5.56 Å². The third-order valence-electron chi connectivity index (χ3n) is 3.46. The molecule has 0 aliphatic heterocycles. The zero-order valence-electron chi connectivity index (χ0n) is 10.9. The summed E-state index contributed by atoms with van der Waals surface area (Å²) < 4.78 is 1.57. The number of benzene rings is 2. The first-order valence-electron chi connectivity index (χ1n) is 6.49. The number of nitrogens with one attached hydrogen (secondary N) is 1. The first-order chi connectivity index (χ1) is 10.2. The van der Waals surface area contributed by atoms with Crippen molar-refractivity contribution in [3.63, 3.8) is 0 Å². The van der Waals surface area contributed by atoms with Gasteiger partial charge in [0.1, 0.15) is 0 Å². The van der Waals surface area contributed by atoms with E-state index in [4.69, 9.17) is 11.6 Å². The quantitative estimate of drug-likeness (QED) is 0.584. The highest BCUT2D eigenvalue weighted by Crippen LogP contribution is 2.25.